The number of primary amides is 1. The molecule has 0 unspecified atom stereocenters. The minimum Gasteiger partial charge on any atom is -0.364 e. The third kappa shape index (κ3) is 2.76. The topological polar surface area (TPSA) is 68.5 Å². The predicted octanol–water partition coefficient (Wildman–Crippen LogP) is 0.235. The molecule has 1 rings (SSSR count). The molecule has 2 N–H and O–H groups in total. The molecule has 1 heterocycles. The van der Waals surface area contributed by atoms with Crippen LogP contribution in [0.5, 0.6) is 0 Å². The molecule has 0 aromatic carbocycles. The highest BCUT2D eigenvalue weighted by Crippen LogP contribution is 2.10. The van der Waals surface area contributed by atoms with Crippen molar-refractivity contribution in [2.45, 2.75) is 6.54 Å². The van der Waals surface area contributed by atoms with E-state index in [2.05, 4.69) is 4.98 Å². The van der Waals surface area contributed by atoms with Crippen molar-refractivity contribution in [2.24, 2.45) is 5.73 Å². The zero-order chi connectivity index (χ0) is 9.84. The Kier molecular flexibility index (Phi) is 3.35. The van der Waals surface area contributed by atoms with Gasteiger partial charge >= 0.3 is 0 Å². The lowest BCUT2D eigenvalue weighted by atomic mass is 10.5. The largest absolute Gasteiger partial charge is 0.364 e. The van der Waals surface area contributed by atoms with Crippen molar-refractivity contribution in [2.75, 3.05) is 14.2 Å². The summed E-state index contributed by atoms with van der Waals surface area (Å²) in [5.41, 5.74) is 5.84. The van der Waals surface area contributed by atoms with Crippen molar-refractivity contribution in [3.05, 3.63) is 16.1 Å². The minimum atomic E-state index is -0.490. The summed E-state index contributed by atoms with van der Waals surface area (Å²) in [6, 6.07) is 0. The average Bonchev–Trinajstić information content (AvgIpc) is 2.52. The normalized spacial score (nSPS) is 10.7. The SMILES string of the molecule is CON(C)Cc1csc(C(N)=O)n1. The van der Waals surface area contributed by atoms with E-state index in [0.717, 1.165) is 5.69 Å². The minimum absolute atomic E-state index is 0.333. The van der Waals surface area contributed by atoms with E-state index in [1.54, 1.807) is 24.6 Å². The second-order valence-corrected chi connectivity index (χ2v) is 3.33. The van der Waals surface area contributed by atoms with Crippen molar-refractivity contribution >= 4 is 17.2 Å². The van der Waals surface area contributed by atoms with Crippen molar-refractivity contribution in [3.8, 4) is 0 Å². The van der Waals surface area contributed by atoms with Gasteiger partial charge in [0.25, 0.3) is 5.91 Å². The number of hydroxylamine groups is 2. The summed E-state index contributed by atoms with van der Waals surface area (Å²) in [6.07, 6.45) is 0. The van der Waals surface area contributed by atoms with Gasteiger partial charge in [-0.15, -0.1) is 11.3 Å². The Labute approximate surface area is 80.1 Å². The van der Waals surface area contributed by atoms with Crippen LogP contribution in [0.4, 0.5) is 0 Å². The van der Waals surface area contributed by atoms with Gasteiger partial charge in [-0.25, -0.2) is 4.98 Å². The molecule has 0 fully saturated rings. The molecule has 1 aromatic heterocycles. The molecule has 13 heavy (non-hydrogen) atoms. The van der Waals surface area contributed by atoms with E-state index in [1.807, 2.05) is 0 Å². The summed E-state index contributed by atoms with van der Waals surface area (Å²) >= 11 is 1.24. The first-order valence-electron chi connectivity index (χ1n) is 3.63. The number of aromatic nitrogens is 1. The molecule has 5 nitrogen and oxygen atoms in total. The van der Waals surface area contributed by atoms with E-state index in [-0.39, 0.29) is 0 Å². The molecule has 6 heteroatoms. The summed E-state index contributed by atoms with van der Waals surface area (Å²) in [7, 11) is 3.35. The fourth-order valence-electron chi connectivity index (χ4n) is 0.785. The molecule has 0 spiro atoms. The van der Waals surface area contributed by atoms with Crippen LogP contribution in [0.15, 0.2) is 5.38 Å². The third-order valence-electron chi connectivity index (χ3n) is 1.46. The van der Waals surface area contributed by atoms with Crippen molar-refractivity contribution < 1.29 is 9.63 Å². The molecule has 0 bridgehead atoms. The third-order valence-corrected chi connectivity index (χ3v) is 2.36. The van der Waals surface area contributed by atoms with Gasteiger partial charge < -0.3 is 10.6 Å². The van der Waals surface area contributed by atoms with Crippen LogP contribution in [0.25, 0.3) is 0 Å². The van der Waals surface area contributed by atoms with E-state index in [1.165, 1.54) is 11.3 Å². The van der Waals surface area contributed by atoms with Crippen molar-refractivity contribution in [3.63, 3.8) is 0 Å². The smallest absolute Gasteiger partial charge is 0.277 e. The Morgan fingerprint density at radius 2 is 2.54 bits per heavy atom. The maximum absolute atomic E-state index is 10.7. The summed E-state index contributed by atoms with van der Waals surface area (Å²) < 4.78 is 0. The maximum atomic E-state index is 10.7. The lowest BCUT2D eigenvalue weighted by molar-refractivity contribution is -0.117. The number of hydrogen-bond donors (Lipinski definition) is 1. The van der Waals surface area contributed by atoms with Gasteiger partial charge in [-0.2, -0.15) is 5.06 Å². The van der Waals surface area contributed by atoms with E-state index >= 15 is 0 Å². The quantitative estimate of drug-likeness (QED) is 0.708. The van der Waals surface area contributed by atoms with Crippen molar-refractivity contribution in [1.82, 2.24) is 10.0 Å². The number of nitrogens with zero attached hydrogens (tertiary/aromatic N) is 2. The number of nitrogens with two attached hydrogens (primary N) is 1. The zero-order valence-corrected chi connectivity index (χ0v) is 8.30. The number of thiazole rings is 1. The highest BCUT2D eigenvalue weighted by Gasteiger charge is 2.08. The molecule has 0 aliphatic rings. The van der Waals surface area contributed by atoms with E-state index < -0.39 is 5.91 Å². The molecule has 0 atom stereocenters. The molecule has 0 saturated heterocycles. The van der Waals surface area contributed by atoms with E-state index in [4.69, 9.17) is 10.6 Å². The Bertz CT molecular complexity index is 300. The molecule has 1 aromatic rings. The molecular weight excluding hydrogens is 190 g/mol. The first kappa shape index (κ1) is 10.1. The summed E-state index contributed by atoms with van der Waals surface area (Å²) in [5, 5.41) is 3.73. The fourth-order valence-corrected chi connectivity index (χ4v) is 1.45. The van der Waals surface area contributed by atoms with Crippen molar-refractivity contribution in [1.29, 1.82) is 0 Å². The number of rotatable bonds is 4. The molecule has 72 valence electrons. The van der Waals surface area contributed by atoms with Gasteiger partial charge in [0.1, 0.15) is 0 Å². The number of carbonyl (C=O) groups is 1. The second kappa shape index (κ2) is 4.31. The molecule has 0 saturated carbocycles. The first-order chi connectivity index (χ1) is 6.13. The highest BCUT2D eigenvalue weighted by molar-refractivity contribution is 7.11. The van der Waals surface area contributed by atoms with Crippen LogP contribution in [0.2, 0.25) is 0 Å². The van der Waals surface area contributed by atoms with Gasteiger partial charge in [-0.3, -0.25) is 4.79 Å². The van der Waals surface area contributed by atoms with Gasteiger partial charge in [0.2, 0.25) is 0 Å². The summed E-state index contributed by atoms with van der Waals surface area (Å²) in [5.74, 6) is -0.490. The Morgan fingerprint density at radius 1 is 1.85 bits per heavy atom. The monoisotopic (exact) mass is 201 g/mol. The molecule has 0 aliphatic carbocycles. The van der Waals surface area contributed by atoms with Gasteiger partial charge in [0, 0.05) is 12.4 Å². The van der Waals surface area contributed by atoms with Crippen LogP contribution >= 0.6 is 11.3 Å². The van der Waals surface area contributed by atoms with Gasteiger partial charge in [0.05, 0.1) is 19.3 Å². The average molecular weight is 201 g/mol. The number of hydrogen-bond acceptors (Lipinski definition) is 5. The summed E-state index contributed by atoms with van der Waals surface area (Å²) in [6.45, 7) is 0.542. The molecule has 0 radical (unpaired) electrons. The zero-order valence-electron chi connectivity index (χ0n) is 7.48. The highest BCUT2D eigenvalue weighted by atomic mass is 32.1. The van der Waals surface area contributed by atoms with Gasteiger partial charge in [0.15, 0.2) is 5.01 Å². The molecule has 0 aliphatic heterocycles. The lowest BCUT2D eigenvalue weighted by Crippen LogP contribution is -2.16. The number of amides is 1. The first-order valence-corrected chi connectivity index (χ1v) is 4.51. The standard InChI is InChI=1S/C7H11N3O2S/c1-10(12-2)3-5-4-13-7(9-5)6(8)11/h4H,3H2,1-2H3,(H2,8,11). The molecule has 1 amide bonds. The maximum Gasteiger partial charge on any atom is 0.277 e. The van der Waals surface area contributed by atoms with Crippen LogP contribution in [0.3, 0.4) is 0 Å². The van der Waals surface area contributed by atoms with Crippen LogP contribution in [-0.4, -0.2) is 30.1 Å². The van der Waals surface area contributed by atoms with Crippen LogP contribution in [-0.2, 0) is 11.4 Å². The van der Waals surface area contributed by atoms with Gasteiger partial charge in [-0.1, -0.05) is 0 Å². The second-order valence-electron chi connectivity index (χ2n) is 2.48. The summed E-state index contributed by atoms with van der Waals surface area (Å²) in [4.78, 5) is 19.6. The van der Waals surface area contributed by atoms with Crippen LogP contribution < -0.4 is 5.73 Å². The van der Waals surface area contributed by atoms with Gasteiger partial charge in [-0.05, 0) is 0 Å². The fraction of sp³-hybridized carbons (Fsp3) is 0.429. The Hall–Kier alpha value is -0.980. The Balaban J connectivity index is 2.64. The predicted molar refractivity (Wildman–Crippen MR) is 49.1 cm³/mol. The lowest BCUT2D eigenvalue weighted by Gasteiger charge is -2.10. The van der Waals surface area contributed by atoms with Crippen LogP contribution in [0, 0.1) is 0 Å². The number of carbonyl (C=O) groups excluding carboxylic acids is 1. The van der Waals surface area contributed by atoms with E-state index in [9.17, 15) is 4.79 Å². The molecular formula is C7H11N3O2S. The Morgan fingerprint density at radius 3 is 3.00 bits per heavy atom. The van der Waals surface area contributed by atoms with Crippen LogP contribution in [0.1, 0.15) is 15.5 Å². The van der Waals surface area contributed by atoms with E-state index in [0.29, 0.717) is 11.6 Å².